The second-order valence-electron chi connectivity index (χ2n) is 4.98. The van der Waals surface area contributed by atoms with Gasteiger partial charge in [-0.3, -0.25) is 0 Å². The van der Waals surface area contributed by atoms with Crippen molar-refractivity contribution >= 4 is 22.5 Å². The molecule has 114 valence electrons. The summed E-state index contributed by atoms with van der Waals surface area (Å²) in [5.74, 6) is 1.42. The summed E-state index contributed by atoms with van der Waals surface area (Å²) in [7, 11) is 1.63. The van der Waals surface area contributed by atoms with E-state index in [1.54, 1.807) is 11.8 Å². The number of halogens is 1. The first-order valence-corrected chi connectivity index (χ1v) is 7.34. The Morgan fingerprint density at radius 3 is 2.74 bits per heavy atom. The van der Waals surface area contributed by atoms with Gasteiger partial charge < -0.3 is 9.72 Å². The van der Waals surface area contributed by atoms with Gasteiger partial charge in [0.05, 0.1) is 23.3 Å². The minimum absolute atomic E-state index is 0.642. The number of para-hydroxylation sites is 1. The molecule has 0 saturated heterocycles. The summed E-state index contributed by atoms with van der Waals surface area (Å²) in [5, 5.41) is 13.7. The van der Waals surface area contributed by atoms with Crippen LogP contribution in [0.25, 0.3) is 28.0 Å². The van der Waals surface area contributed by atoms with Gasteiger partial charge in [0.1, 0.15) is 5.75 Å². The van der Waals surface area contributed by atoms with Gasteiger partial charge in [0.2, 0.25) is 0 Å². The molecule has 2 heterocycles. The SMILES string of the molecule is COc1ccc(-n2nnnc2-c2c[nH]c3c(Cl)cccc23)cc1. The average Bonchev–Trinajstić information content (AvgIpc) is 3.22. The number of rotatable bonds is 3. The van der Waals surface area contributed by atoms with E-state index in [1.807, 2.05) is 48.7 Å². The van der Waals surface area contributed by atoms with Gasteiger partial charge in [0.25, 0.3) is 0 Å². The fourth-order valence-electron chi connectivity index (χ4n) is 2.55. The molecule has 0 aliphatic rings. The zero-order chi connectivity index (χ0) is 15.8. The summed E-state index contributed by atoms with van der Waals surface area (Å²) in [6, 6.07) is 13.3. The number of fused-ring (bicyclic) bond motifs is 1. The molecule has 1 N–H and O–H groups in total. The van der Waals surface area contributed by atoms with Gasteiger partial charge in [-0.05, 0) is 40.8 Å². The number of nitrogens with one attached hydrogen (secondary N) is 1. The van der Waals surface area contributed by atoms with Gasteiger partial charge >= 0.3 is 0 Å². The van der Waals surface area contributed by atoms with E-state index in [0.717, 1.165) is 27.9 Å². The molecule has 0 radical (unpaired) electrons. The predicted molar refractivity (Wildman–Crippen MR) is 88.0 cm³/mol. The van der Waals surface area contributed by atoms with Crippen molar-refractivity contribution in [3.8, 4) is 22.8 Å². The fourth-order valence-corrected chi connectivity index (χ4v) is 2.78. The van der Waals surface area contributed by atoms with Gasteiger partial charge in [-0.1, -0.05) is 23.7 Å². The van der Waals surface area contributed by atoms with Crippen molar-refractivity contribution < 1.29 is 4.74 Å². The van der Waals surface area contributed by atoms with Crippen molar-refractivity contribution in [1.29, 1.82) is 0 Å². The number of benzene rings is 2. The Kier molecular flexibility index (Phi) is 3.24. The number of ether oxygens (including phenoxy) is 1. The normalized spacial score (nSPS) is 11.0. The molecule has 0 spiro atoms. The molecule has 23 heavy (non-hydrogen) atoms. The van der Waals surface area contributed by atoms with Crippen molar-refractivity contribution in [3.63, 3.8) is 0 Å². The Balaban J connectivity index is 1.87. The van der Waals surface area contributed by atoms with E-state index in [4.69, 9.17) is 16.3 Å². The van der Waals surface area contributed by atoms with Crippen LogP contribution in [0.5, 0.6) is 5.75 Å². The minimum Gasteiger partial charge on any atom is -0.497 e. The molecule has 0 aliphatic carbocycles. The Hall–Kier alpha value is -2.86. The number of methoxy groups -OCH3 is 1. The third-order valence-electron chi connectivity index (χ3n) is 3.69. The molecule has 0 saturated carbocycles. The maximum Gasteiger partial charge on any atom is 0.189 e. The molecule has 4 aromatic rings. The van der Waals surface area contributed by atoms with E-state index >= 15 is 0 Å². The molecule has 2 aromatic heterocycles. The number of aromatic nitrogens is 5. The lowest BCUT2D eigenvalue weighted by Crippen LogP contribution is -1.99. The number of hydrogen-bond acceptors (Lipinski definition) is 4. The lowest BCUT2D eigenvalue weighted by Gasteiger charge is -2.05. The maximum absolute atomic E-state index is 6.22. The standard InChI is InChI=1S/C16H12ClN5O/c1-23-11-7-5-10(6-8-11)22-16(19-20-21-22)13-9-18-15-12(13)3-2-4-14(15)17/h2-9,18H,1H3. The molecule has 0 fully saturated rings. The summed E-state index contributed by atoms with van der Waals surface area (Å²) >= 11 is 6.22. The van der Waals surface area contributed by atoms with Crippen molar-refractivity contribution in [2.45, 2.75) is 0 Å². The zero-order valence-electron chi connectivity index (χ0n) is 12.2. The molecular weight excluding hydrogens is 314 g/mol. The summed E-state index contributed by atoms with van der Waals surface area (Å²) < 4.78 is 6.86. The number of hydrogen-bond donors (Lipinski definition) is 1. The third kappa shape index (κ3) is 2.24. The first-order chi connectivity index (χ1) is 11.3. The Morgan fingerprint density at radius 2 is 1.96 bits per heavy atom. The van der Waals surface area contributed by atoms with Crippen molar-refractivity contribution in [1.82, 2.24) is 25.2 Å². The molecular formula is C16H12ClN5O. The molecule has 0 atom stereocenters. The summed E-state index contributed by atoms with van der Waals surface area (Å²) in [5.41, 5.74) is 2.61. The van der Waals surface area contributed by atoms with Crippen LogP contribution >= 0.6 is 11.6 Å². The quantitative estimate of drug-likeness (QED) is 0.626. The molecule has 0 unspecified atom stereocenters. The Morgan fingerprint density at radius 1 is 1.13 bits per heavy atom. The highest BCUT2D eigenvalue weighted by Gasteiger charge is 2.16. The number of H-pyrrole nitrogens is 1. The molecule has 0 aliphatic heterocycles. The van der Waals surface area contributed by atoms with Gasteiger partial charge in [0.15, 0.2) is 5.82 Å². The highest BCUT2D eigenvalue weighted by atomic mass is 35.5. The smallest absolute Gasteiger partial charge is 0.189 e. The molecule has 6 nitrogen and oxygen atoms in total. The summed E-state index contributed by atoms with van der Waals surface area (Å²) in [6.45, 7) is 0. The molecule has 0 bridgehead atoms. The molecule has 4 rings (SSSR count). The Bertz CT molecular complexity index is 974. The van der Waals surface area contributed by atoms with Crippen LogP contribution in [0.3, 0.4) is 0 Å². The lowest BCUT2D eigenvalue weighted by molar-refractivity contribution is 0.414. The van der Waals surface area contributed by atoms with Crippen LogP contribution < -0.4 is 4.74 Å². The molecule has 7 heteroatoms. The topological polar surface area (TPSA) is 68.6 Å². The van der Waals surface area contributed by atoms with E-state index in [-0.39, 0.29) is 0 Å². The second-order valence-corrected chi connectivity index (χ2v) is 5.38. The van der Waals surface area contributed by atoms with Gasteiger partial charge in [-0.2, -0.15) is 4.68 Å². The monoisotopic (exact) mass is 325 g/mol. The van der Waals surface area contributed by atoms with Crippen LogP contribution in [-0.4, -0.2) is 32.3 Å². The average molecular weight is 326 g/mol. The third-order valence-corrected chi connectivity index (χ3v) is 4.01. The largest absolute Gasteiger partial charge is 0.497 e. The number of nitrogens with zero attached hydrogens (tertiary/aromatic N) is 4. The number of tetrazole rings is 1. The van der Waals surface area contributed by atoms with Crippen LogP contribution in [0.15, 0.2) is 48.7 Å². The van der Waals surface area contributed by atoms with E-state index in [9.17, 15) is 0 Å². The summed E-state index contributed by atoms with van der Waals surface area (Å²) in [4.78, 5) is 3.18. The van der Waals surface area contributed by atoms with Crippen LogP contribution in [0, 0.1) is 0 Å². The van der Waals surface area contributed by atoms with E-state index in [0.29, 0.717) is 10.8 Å². The van der Waals surface area contributed by atoms with E-state index in [2.05, 4.69) is 20.5 Å². The highest BCUT2D eigenvalue weighted by molar-refractivity contribution is 6.35. The van der Waals surface area contributed by atoms with Crippen LogP contribution in [-0.2, 0) is 0 Å². The van der Waals surface area contributed by atoms with Crippen LogP contribution in [0.1, 0.15) is 0 Å². The van der Waals surface area contributed by atoms with Crippen molar-refractivity contribution in [2.24, 2.45) is 0 Å². The molecule has 2 aromatic carbocycles. The fraction of sp³-hybridized carbons (Fsp3) is 0.0625. The predicted octanol–water partition coefficient (Wildman–Crippen LogP) is 3.47. The van der Waals surface area contributed by atoms with E-state index in [1.165, 1.54) is 0 Å². The highest BCUT2D eigenvalue weighted by Crippen LogP contribution is 2.31. The van der Waals surface area contributed by atoms with Gasteiger partial charge in [0, 0.05) is 17.1 Å². The van der Waals surface area contributed by atoms with E-state index < -0.39 is 0 Å². The first kappa shape index (κ1) is 13.8. The van der Waals surface area contributed by atoms with Crippen molar-refractivity contribution in [3.05, 3.63) is 53.7 Å². The Labute approximate surface area is 136 Å². The van der Waals surface area contributed by atoms with Crippen LogP contribution in [0.2, 0.25) is 5.02 Å². The lowest BCUT2D eigenvalue weighted by atomic mass is 10.1. The summed E-state index contributed by atoms with van der Waals surface area (Å²) in [6.07, 6.45) is 1.86. The number of aromatic amines is 1. The second kappa shape index (κ2) is 5.40. The molecule has 0 amide bonds. The first-order valence-electron chi connectivity index (χ1n) is 6.96. The van der Waals surface area contributed by atoms with Crippen molar-refractivity contribution in [2.75, 3.05) is 7.11 Å². The maximum atomic E-state index is 6.22. The zero-order valence-corrected chi connectivity index (χ0v) is 12.9. The minimum atomic E-state index is 0.642. The van der Waals surface area contributed by atoms with Gasteiger partial charge in [-0.15, -0.1) is 5.10 Å². The van der Waals surface area contributed by atoms with Crippen LogP contribution in [0.4, 0.5) is 0 Å². The van der Waals surface area contributed by atoms with Gasteiger partial charge in [-0.25, -0.2) is 0 Å².